The molecule has 13 heteroatoms. The molecule has 0 saturated carbocycles. The Kier molecular flexibility index (Phi) is 6.70. The number of nitrogens with zero attached hydrogens (tertiary/aromatic N) is 2. The van der Waals surface area contributed by atoms with Crippen LogP contribution < -0.4 is 15.6 Å². The van der Waals surface area contributed by atoms with Gasteiger partial charge in [-0.25, -0.2) is 17.9 Å². The number of aromatic nitrogens is 2. The van der Waals surface area contributed by atoms with E-state index in [2.05, 4.69) is 10.2 Å². The van der Waals surface area contributed by atoms with Gasteiger partial charge in [0.2, 0.25) is 21.8 Å². The predicted molar refractivity (Wildman–Crippen MR) is 126 cm³/mol. The molecule has 0 aliphatic heterocycles. The van der Waals surface area contributed by atoms with Crippen molar-refractivity contribution in [1.29, 1.82) is 0 Å². The summed E-state index contributed by atoms with van der Waals surface area (Å²) in [6.45, 7) is 0. The standard InChI is InChI=1S/C21H14Cl3FN4O4S/c22-12-7-13(26)9-14(8-12)32-20-16(24)4-1-10(19(20)25)6-18-28-29-21(33-18)11-2-3-15(23)17(5-11)34(27,30)31/h1-5,7-9H,6,26H2,(H2,27,30,31). The van der Waals surface area contributed by atoms with Crippen molar-refractivity contribution in [3.63, 3.8) is 0 Å². The minimum absolute atomic E-state index is 0.00295. The van der Waals surface area contributed by atoms with E-state index >= 15 is 4.39 Å². The number of nitrogen functional groups attached to an aromatic ring is 1. The van der Waals surface area contributed by atoms with E-state index in [1.54, 1.807) is 0 Å². The molecule has 0 spiro atoms. The lowest BCUT2D eigenvalue weighted by atomic mass is 10.1. The normalized spacial score (nSPS) is 11.6. The third-order valence-corrected chi connectivity index (χ3v) is 6.44. The van der Waals surface area contributed by atoms with Crippen molar-refractivity contribution in [2.24, 2.45) is 5.14 Å². The van der Waals surface area contributed by atoms with Crippen LogP contribution in [0.4, 0.5) is 10.1 Å². The Balaban J connectivity index is 1.62. The minimum Gasteiger partial charge on any atom is -0.453 e. The Labute approximate surface area is 208 Å². The van der Waals surface area contributed by atoms with Gasteiger partial charge in [0.25, 0.3) is 0 Å². The van der Waals surface area contributed by atoms with Crippen molar-refractivity contribution in [1.82, 2.24) is 10.2 Å². The number of nitrogens with two attached hydrogens (primary N) is 2. The van der Waals surface area contributed by atoms with Gasteiger partial charge in [-0.3, -0.25) is 0 Å². The van der Waals surface area contributed by atoms with E-state index in [0.29, 0.717) is 10.7 Å². The average molecular weight is 544 g/mol. The largest absolute Gasteiger partial charge is 0.453 e. The van der Waals surface area contributed by atoms with Crippen molar-refractivity contribution < 1.29 is 22.0 Å². The summed E-state index contributed by atoms with van der Waals surface area (Å²) in [7, 11) is -4.07. The fourth-order valence-electron chi connectivity index (χ4n) is 3.02. The van der Waals surface area contributed by atoms with Crippen molar-refractivity contribution in [2.45, 2.75) is 11.3 Å². The van der Waals surface area contributed by atoms with Crippen molar-refractivity contribution in [3.8, 4) is 23.0 Å². The van der Waals surface area contributed by atoms with Gasteiger partial charge < -0.3 is 14.9 Å². The molecule has 0 amide bonds. The Morgan fingerprint density at radius 3 is 2.44 bits per heavy atom. The predicted octanol–water partition coefficient (Wildman–Crippen LogP) is 5.45. The van der Waals surface area contributed by atoms with Gasteiger partial charge in [0, 0.05) is 27.9 Å². The van der Waals surface area contributed by atoms with E-state index < -0.39 is 15.8 Å². The first kappa shape index (κ1) is 24.2. The number of hydrogen-bond acceptors (Lipinski definition) is 7. The first-order valence-electron chi connectivity index (χ1n) is 9.37. The smallest absolute Gasteiger partial charge is 0.247 e. The summed E-state index contributed by atoms with van der Waals surface area (Å²) in [6.07, 6.45) is -0.0975. The van der Waals surface area contributed by atoms with E-state index in [0.717, 1.165) is 0 Å². The first-order chi connectivity index (χ1) is 16.0. The summed E-state index contributed by atoms with van der Waals surface area (Å²) in [4.78, 5) is -0.293. The van der Waals surface area contributed by atoms with Gasteiger partial charge in [0.1, 0.15) is 10.6 Å². The van der Waals surface area contributed by atoms with Crippen LogP contribution in [0.25, 0.3) is 11.5 Å². The third kappa shape index (κ3) is 5.26. The fourth-order valence-corrected chi connectivity index (χ4v) is 4.51. The Hall–Kier alpha value is -2.89. The molecule has 0 saturated heterocycles. The number of ether oxygens (including phenoxy) is 1. The lowest BCUT2D eigenvalue weighted by Gasteiger charge is -2.12. The number of sulfonamides is 1. The zero-order chi connectivity index (χ0) is 24.6. The lowest BCUT2D eigenvalue weighted by molar-refractivity contribution is 0.437. The maximum Gasteiger partial charge on any atom is 0.247 e. The highest BCUT2D eigenvalue weighted by Crippen LogP contribution is 2.36. The Morgan fingerprint density at radius 2 is 1.74 bits per heavy atom. The second kappa shape index (κ2) is 9.40. The summed E-state index contributed by atoms with van der Waals surface area (Å²) >= 11 is 18.0. The van der Waals surface area contributed by atoms with Gasteiger partial charge in [-0.05, 0) is 36.4 Å². The molecule has 4 rings (SSSR count). The summed E-state index contributed by atoms with van der Waals surface area (Å²) in [6, 6.07) is 11.4. The van der Waals surface area contributed by atoms with E-state index in [4.69, 9.17) is 54.8 Å². The van der Waals surface area contributed by atoms with Crippen LogP contribution in [0, 0.1) is 5.82 Å². The quantitative estimate of drug-likeness (QED) is 0.309. The third-order valence-electron chi connectivity index (χ3n) is 4.54. The maximum absolute atomic E-state index is 15.2. The molecular weight excluding hydrogens is 530 g/mol. The minimum atomic E-state index is -4.07. The number of rotatable bonds is 6. The zero-order valence-corrected chi connectivity index (χ0v) is 20.0. The highest BCUT2D eigenvalue weighted by Gasteiger charge is 2.20. The fraction of sp³-hybridized carbons (Fsp3) is 0.0476. The number of anilines is 1. The SMILES string of the molecule is Nc1cc(Cl)cc(Oc2c(Cl)ccc(Cc3nnc(-c4ccc(Cl)c(S(N)(=O)=O)c4)o3)c2F)c1. The van der Waals surface area contributed by atoms with Gasteiger partial charge in [0.15, 0.2) is 11.6 Å². The van der Waals surface area contributed by atoms with Crippen LogP contribution in [-0.2, 0) is 16.4 Å². The molecule has 1 heterocycles. The van der Waals surface area contributed by atoms with Crippen LogP contribution in [0.1, 0.15) is 11.5 Å². The number of halogens is 4. The average Bonchev–Trinajstić information content (AvgIpc) is 3.20. The molecule has 34 heavy (non-hydrogen) atoms. The molecule has 4 aromatic rings. The van der Waals surface area contributed by atoms with Crippen LogP contribution in [0.3, 0.4) is 0 Å². The molecule has 4 N–H and O–H groups in total. The first-order valence-corrected chi connectivity index (χ1v) is 12.0. The molecule has 3 aromatic carbocycles. The molecule has 0 aliphatic carbocycles. The van der Waals surface area contributed by atoms with Crippen molar-refractivity contribution in [2.75, 3.05) is 5.73 Å². The molecular formula is C21H14Cl3FN4O4S. The molecule has 0 fully saturated rings. The van der Waals surface area contributed by atoms with Crippen molar-refractivity contribution >= 4 is 50.5 Å². The second-order valence-corrected chi connectivity index (χ2v) is 9.82. The van der Waals surface area contributed by atoms with Crippen LogP contribution in [0.2, 0.25) is 15.1 Å². The Morgan fingerprint density at radius 1 is 1.00 bits per heavy atom. The van der Waals surface area contributed by atoms with Crippen LogP contribution in [0.5, 0.6) is 11.5 Å². The number of hydrogen-bond donors (Lipinski definition) is 2. The van der Waals surface area contributed by atoms with E-state index in [1.165, 1.54) is 48.5 Å². The Bertz CT molecular complexity index is 1490. The summed E-state index contributed by atoms with van der Waals surface area (Å²) in [5.74, 6) is -0.709. The zero-order valence-electron chi connectivity index (χ0n) is 16.9. The summed E-state index contributed by atoms with van der Waals surface area (Å²) in [5, 5.41) is 13.2. The number of primary sulfonamides is 1. The van der Waals surface area contributed by atoms with Gasteiger partial charge in [-0.15, -0.1) is 10.2 Å². The molecule has 0 radical (unpaired) electrons. The molecule has 1 aromatic heterocycles. The van der Waals surface area contributed by atoms with Crippen LogP contribution in [0.15, 0.2) is 57.8 Å². The highest BCUT2D eigenvalue weighted by atomic mass is 35.5. The van der Waals surface area contributed by atoms with E-state index in [9.17, 15) is 8.42 Å². The summed E-state index contributed by atoms with van der Waals surface area (Å²) < 4.78 is 49.8. The second-order valence-electron chi connectivity index (χ2n) is 7.04. The van der Waals surface area contributed by atoms with E-state index in [1.807, 2.05) is 0 Å². The molecule has 0 aliphatic rings. The molecule has 176 valence electrons. The molecule has 0 atom stereocenters. The van der Waals surface area contributed by atoms with Crippen LogP contribution in [-0.4, -0.2) is 18.6 Å². The van der Waals surface area contributed by atoms with Crippen molar-refractivity contribution in [3.05, 3.63) is 80.9 Å². The van der Waals surface area contributed by atoms with Gasteiger partial charge in [0.05, 0.1) is 16.5 Å². The van der Waals surface area contributed by atoms with Gasteiger partial charge in [-0.2, -0.15) is 0 Å². The van der Waals surface area contributed by atoms with Gasteiger partial charge in [-0.1, -0.05) is 40.9 Å². The van der Waals surface area contributed by atoms with Crippen LogP contribution >= 0.6 is 34.8 Å². The number of benzene rings is 3. The topological polar surface area (TPSA) is 134 Å². The monoisotopic (exact) mass is 542 g/mol. The lowest BCUT2D eigenvalue weighted by Crippen LogP contribution is -2.12. The van der Waals surface area contributed by atoms with Gasteiger partial charge >= 0.3 is 0 Å². The molecule has 8 nitrogen and oxygen atoms in total. The van der Waals surface area contributed by atoms with E-state index in [-0.39, 0.29) is 55.8 Å². The maximum atomic E-state index is 15.2. The molecule has 0 bridgehead atoms. The highest BCUT2D eigenvalue weighted by molar-refractivity contribution is 7.89. The summed E-state index contributed by atoms with van der Waals surface area (Å²) in [5.41, 5.74) is 6.51. The molecule has 0 unspecified atom stereocenters.